The van der Waals surface area contributed by atoms with Crippen molar-refractivity contribution in [2.24, 2.45) is 0 Å². The van der Waals surface area contributed by atoms with Crippen LogP contribution in [0.2, 0.25) is 0 Å². The Labute approximate surface area is 159 Å². The minimum Gasteiger partial charge on any atom is -0.308 e. The third-order valence-corrected chi connectivity index (χ3v) is 5.05. The number of quaternary nitrogens is 1. The molecule has 2 aromatic rings. The van der Waals surface area contributed by atoms with Gasteiger partial charge in [0.25, 0.3) is 0 Å². The number of hydrogen-bond acceptors (Lipinski definition) is 0. The SMILES string of the molecule is C=CCC(C#Cc1ccccc1)[N+](CC)(CC)CC=Cc1ccccc1. The fourth-order valence-electron chi connectivity index (χ4n) is 3.28. The van der Waals surface area contributed by atoms with Crippen molar-refractivity contribution in [3.63, 3.8) is 0 Å². The van der Waals surface area contributed by atoms with Gasteiger partial charge in [0.05, 0.1) is 19.6 Å². The van der Waals surface area contributed by atoms with Crippen molar-refractivity contribution < 1.29 is 4.48 Å². The lowest BCUT2D eigenvalue weighted by Gasteiger charge is -2.40. The molecule has 2 aromatic carbocycles. The lowest BCUT2D eigenvalue weighted by Crippen LogP contribution is -2.54. The quantitative estimate of drug-likeness (QED) is 0.334. The van der Waals surface area contributed by atoms with Crippen LogP contribution in [0.4, 0.5) is 0 Å². The van der Waals surface area contributed by atoms with E-state index in [1.54, 1.807) is 0 Å². The van der Waals surface area contributed by atoms with Gasteiger partial charge in [0.2, 0.25) is 0 Å². The molecule has 0 radical (unpaired) electrons. The van der Waals surface area contributed by atoms with Crippen molar-refractivity contribution >= 4 is 6.08 Å². The monoisotopic (exact) mass is 344 g/mol. The second kappa shape index (κ2) is 10.4. The van der Waals surface area contributed by atoms with Gasteiger partial charge in [0, 0.05) is 12.0 Å². The minimum absolute atomic E-state index is 0.253. The van der Waals surface area contributed by atoms with Crippen LogP contribution in [0, 0.1) is 11.8 Å². The number of hydrogen-bond donors (Lipinski definition) is 0. The number of benzene rings is 2. The molecule has 0 bridgehead atoms. The molecule has 0 N–H and O–H groups in total. The average Bonchev–Trinajstić information content (AvgIpc) is 2.70. The predicted octanol–water partition coefficient (Wildman–Crippen LogP) is 5.55. The third kappa shape index (κ3) is 5.48. The maximum absolute atomic E-state index is 3.97. The molecule has 26 heavy (non-hydrogen) atoms. The van der Waals surface area contributed by atoms with Crippen LogP contribution in [0.15, 0.2) is 79.4 Å². The van der Waals surface area contributed by atoms with Crippen molar-refractivity contribution in [3.8, 4) is 11.8 Å². The Bertz CT molecular complexity index is 743. The molecule has 0 aromatic heterocycles. The highest BCUT2D eigenvalue weighted by Gasteiger charge is 2.30. The first-order chi connectivity index (χ1) is 12.7. The van der Waals surface area contributed by atoms with Gasteiger partial charge in [-0.25, -0.2) is 0 Å². The van der Waals surface area contributed by atoms with Gasteiger partial charge in [-0.3, -0.25) is 0 Å². The zero-order chi connectivity index (χ0) is 18.7. The van der Waals surface area contributed by atoms with E-state index in [1.807, 2.05) is 24.3 Å². The van der Waals surface area contributed by atoms with E-state index in [9.17, 15) is 0 Å². The molecule has 0 saturated heterocycles. The first kappa shape index (κ1) is 19.8. The van der Waals surface area contributed by atoms with Crippen LogP contribution in [-0.2, 0) is 0 Å². The molecule has 0 heterocycles. The van der Waals surface area contributed by atoms with Gasteiger partial charge in [-0.2, -0.15) is 0 Å². The zero-order valence-electron chi connectivity index (χ0n) is 16.1. The van der Waals surface area contributed by atoms with Gasteiger partial charge in [0.1, 0.15) is 0 Å². The molecule has 1 unspecified atom stereocenters. The predicted molar refractivity (Wildman–Crippen MR) is 114 cm³/mol. The smallest absolute Gasteiger partial charge is 0.155 e. The van der Waals surface area contributed by atoms with Crippen molar-refractivity contribution in [3.05, 3.63) is 90.5 Å². The fourth-order valence-corrected chi connectivity index (χ4v) is 3.28. The minimum atomic E-state index is 0.253. The molecule has 0 spiro atoms. The Balaban J connectivity index is 2.23. The van der Waals surface area contributed by atoms with E-state index in [1.165, 1.54) is 5.56 Å². The summed E-state index contributed by atoms with van der Waals surface area (Å²) in [6, 6.07) is 21.0. The largest absolute Gasteiger partial charge is 0.308 e. The standard InChI is InChI=1S/C25H30N/c1-4-14-25(21-20-24-17-11-8-12-18-24)26(5-2,6-3)22-13-19-23-15-9-7-10-16-23/h4,7-13,15-19,25H,1,5-6,14,22H2,2-3H3/q+1. The molecule has 134 valence electrons. The molecule has 0 saturated carbocycles. The van der Waals surface area contributed by atoms with Gasteiger partial charge in [-0.15, -0.1) is 6.58 Å². The summed E-state index contributed by atoms with van der Waals surface area (Å²) < 4.78 is 0.954. The molecule has 0 aliphatic rings. The van der Waals surface area contributed by atoms with E-state index < -0.39 is 0 Å². The molecule has 0 fully saturated rings. The fraction of sp³-hybridized carbons (Fsp3) is 0.280. The molecule has 0 aliphatic carbocycles. The van der Waals surface area contributed by atoms with Crippen molar-refractivity contribution in [1.82, 2.24) is 0 Å². The van der Waals surface area contributed by atoms with Gasteiger partial charge < -0.3 is 4.48 Å². The molecule has 0 amide bonds. The second-order valence-corrected chi connectivity index (χ2v) is 6.52. The molecule has 1 nitrogen and oxygen atoms in total. The summed E-state index contributed by atoms with van der Waals surface area (Å²) in [5, 5.41) is 0. The van der Waals surface area contributed by atoms with Crippen LogP contribution in [0.3, 0.4) is 0 Å². The molecular weight excluding hydrogens is 314 g/mol. The lowest BCUT2D eigenvalue weighted by atomic mass is 10.1. The van der Waals surface area contributed by atoms with Crippen molar-refractivity contribution in [2.75, 3.05) is 19.6 Å². The molecule has 1 atom stereocenters. The normalized spacial score (nSPS) is 12.4. The summed E-state index contributed by atoms with van der Waals surface area (Å²) >= 11 is 0. The Kier molecular flexibility index (Phi) is 7.93. The van der Waals surface area contributed by atoms with Crippen molar-refractivity contribution in [2.45, 2.75) is 26.3 Å². The highest BCUT2D eigenvalue weighted by Crippen LogP contribution is 2.18. The highest BCUT2D eigenvalue weighted by atomic mass is 15.4. The van der Waals surface area contributed by atoms with E-state index in [4.69, 9.17) is 0 Å². The molecule has 0 aliphatic heterocycles. The Morgan fingerprint density at radius 1 is 0.962 bits per heavy atom. The van der Waals surface area contributed by atoms with E-state index >= 15 is 0 Å². The molecule has 1 heteroatoms. The summed E-state index contributed by atoms with van der Waals surface area (Å²) in [5.41, 5.74) is 2.32. The van der Waals surface area contributed by atoms with Crippen LogP contribution in [0.25, 0.3) is 6.08 Å². The third-order valence-electron chi connectivity index (χ3n) is 5.05. The Hall–Kier alpha value is -2.56. The second-order valence-electron chi connectivity index (χ2n) is 6.52. The van der Waals surface area contributed by atoms with E-state index in [0.717, 1.165) is 36.1 Å². The first-order valence-corrected chi connectivity index (χ1v) is 9.49. The molecular formula is C25H30N+. The highest BCUT2D eigenvalue weighted by molar-refractivity contribution is 5.48. The van der Waals surface area contributed by atoms with E-state index in [2.05, 4.69) is 86.9 Å². The van der Waals surface area contributed by atoms with Crippen molar-refractivity contribution in [1.29, 1.82) is 0 Å². The number of likely N-dealkylation sites (N-methyl/N-ethyl adjacent to an activating group) is 1. The van der Waals surface area contributed by atoms with Crippen LogP contribution in [-0.4, -0.2) is 30.2 Å². The van der Waals surface area contributed by atoms with Crippen LogP contribution in [0.1, 0.15) is 31.4 Å². The van der Waals surface area contributed by atoms with Gasteiger partial charge in [-0.05, 0) is 43.5 Å². The van der Waals surface area contributed by atoms with Crippen LogP contribution < -0.4 is 0 Å². The average molecular weight is 345 g/mol. The summed E-state index contributed by atoms with van der Waals surface area (Å²) in [5.74, 6) is 6.92. The lowest BCUT2D eigenvalue weighted by molar-refractivity contribution is -0.935. The number of rotatable bonds is 8. The van der Waals surface area contributed by atoms with Crippen LogP contribution in [0.5, 0.6) is 0 Å². The zero-order valence-corrected chi connectivity index (χ0v) is 16.1. The summed E-state index contributed by atoms with van der Waals surface area (Å²) in [4.78, 5) is 0. The maximum atomic E-state index is 3.97. The number of nitrogens with zero attached hydrogens (tertiary/aromatic N) is 1. The summed E-state index contributed by atoms with van der Waals surface area (Å²) in [6.45, 7) is 11.6. The Morgan fingerprint density at radius 2 is 1.58 bits per heavy atom. The maximum Gasteiger partial charge on any atom is 0.155 e. The van der Waals surface area contributed by atoms with Gasteiger partial charge in [-0.1, -0.05) is 66.6 Å². The van der Waals surface area contributed by atoms with Gasteiger partial charge >= 0.3 is 0 Å². The van der Waals surface area contributed by atoms with Gasteiger partial charge in [0.15, 0.2) is 6.04 Å². The summed E-state index contributed by atoms with van der Waals surface area (Å²) in [7, 11) is 0. The summed E-state index contributed by atoms with van der Waals surface area (Å²) in [6.07, 6.45) is 7.42. The Morgan fingerprint density at radius 3 is 2.15 bits per heavy atom. The topological polar surface area (TPSA) is 0 Å². The van der Waals surface area contributed by atoms with E-state index in [-0.39, 0.29) is 6.04 Å². The van der Waals surface area contributed by atoms with Crippen LogP contribution >= 0.6 is 0 Å². The molecule has 2 rings (SSSR count). The van der Waals surface area contributed by atoms with E-state index in [0.29, 0.717) is 0 Å². The first-order valence-electron chi connectivity index (χ1n) is 9.49.